The number of rotatable bonds is 5. The lowest BCUT2D eigenvalue weighted by Crippen LogP contribution is -2.46. The second kappa shape index (κ2) is 9.13. The summed E-state index contributed by atoms with van der Waals surface area (Å²) in [5.41, 5.74) is 1.37. The van der Waals surface area contributed by atoms with Crippen LogP contribution in [0.3, 0.4) is 0 Å². The predicted octanol–water partition coefficient (Wildman–Crippen LogP) is 3.33. The molecule has 1 saturated carbocycles. The van der Waals surface area contributed by atoms with E-state index in [4.69, 9.17) is 4.98 Å². The van der Waals surface area contributed by atoms with Crippen molar-refractivity contribution >= 4 is 11.8 Å². The van der Waals surface area contributed by atoms with Gasteiger partial charge in [-0.2, -0.15) is 10.1 Å². The molecule has 0 bridgehead atoms. The molecule has 1 aromatic carbocycles. The van der Waals surface area contributed by atoms with Gasteiger partial charge in [0.15, 0.2) is 5.82 Å². The topological polar surface area (TPSA) is 57.2 Å². The van der Waals surface area contributed by atoms with Gasteiger partial charge in [-0.15, -0.1) is 5.10 Å². The highest BCUT2D eigenvalue weighted by Crippen LogP contribution is 2.21. The average Bonchev–Trinajstić information content (AvgIpc) is 2.98. The van der Waals surface area contributed by atoms with Gasteiger partial charge in [0.1, 0.15) is 0 Å². The van der Waals surface area contributed by atoms with Crippen LogP contribution in [-0.2, 0) is 6.54 Å². The Bertz CT molecular complexity index is 691. The van der Waals surface area contributed by atoms with Crippen LogP contribution in [0, 0.1) is 0 Å². The number of piperazine rings is 1. The number of anilines is 2. The number of hydrogen-bond donors (Lipinski definition) is 1. The van der Waals surface area contributed by atoms with Crippen LogP contribution in [0.2, 0.25) is 0 Å². The van der Waals surface area contributed by atoms with E-state index in [1.54, 1.807) is 6.20 Å². The molecule has 1 aliphatic heterocycles. The maximum Gasteiger partial charge on any atom is 0.247 e. The molecule has 6 nitrogen and oxygen atoms in total. The number of nitrogens with one attached hydrogen (secondary N) is 1. The summed E-state index contributed by atoms with van der Waals surface area (Å²) in [5.74, 6) is 1.63. The molecular formula is C21H30N6. The molecule has 144 valence electrons. The van der Waals surface area contributed by atoms with Crippen molar-refractivity contribution in [3.05, 3.63) is 42.1 Å². The van der Waals surface area contributed by atoms with Crippen molar-refractivity contribution in [3.8, 4) is 0 Å². The summed E-state index contributed by atoms with van der Waals surface area (Å²) in [6.45, 7) is 4.96. The van der Waals surface area contributed by atoms with Crippen LogP contribution >= 0.6 is 0 Å². The van der Waals surface area contributed by atoms with Crippen molar-refractivity contribution in [1.82, 2.24) is 20.1 Å². The molecule has 1 aromatic heterocycles. The van der Waals surface area contributed by atoms with E-state index in [0.717, 1.165) is 44.5 Å². The quantitative estimate of drug-likeness (QED) is 0.819. The second-order valence-electron chi connectivity index (χ2n) is 7.72. The van der Waals surface area contributed by atoms with E-state index in [9.17, 15) is 0 Å². The standard InChI is InChI=1S/C21H30N6/c1-2-7-11-19(10-6-1)23-20-16-22-25-21(24-20)27-14-12-26(13-15-27)17-18-8-4-3-5-9-18/h3-5,8-9,16,19H,1-2,6-7,10-15,17H2,(H,23,24,25). The Morgan fingerprint density at radius 3 is 2.41 bits per heavy atom. The highest BCUT2D eigenvalue weighted by Gasteiger charge is 2.20. The van der Waals surface area contributed by atoms with Gasteiger partial charge in [0, 0.05) is 38.8 Å². The van der Waals surface area contributed by atoms with E-state index in [0.29, 0.717) is 6.04 Å². The highest BCUT2D eigenvalue weighted by atomic mass is 15.4. The third-order valence-corrected chi connectivity index (χ3v) is 5.66. The summed E-state index contributed by atoms with van der Waals surface area (Å²) in [7, 11) is 0. The van der Waals surface area contributed by atoms with Crippen LogP contribution in [0.5, 0.6) is 0 Å². The minimum absolute atomic E-state index is 0.528. The van der Waals surface area contributed by atoms with Gasteiger partial charge in [-0.1, -0.05) is 56.0 Å². The molecule has 0 atom stereocenters. The zero-order chi connectivity index (χ0) is 18.3. The smallest absolute Gasteiger partial charge is 0.247 e. The molecule has 2 aromatic rings. The Kier molecular flexibility index (Phi) is 6.14. The van der Waals surface area contributed by atoms with Crippen LogP contribution in [0.25, 0.3) is 0 Å². The van der Waals surface area contributed by atoms with Crippen molar-refractivity contribution < 1.29 is 0 Å². The zero-order valence-corrected chi connectivity index (χ0v) is 16.1. The minimum Gasteiger partial charge on any atom is -0.366 e. The second-order valence-corrected chi connectivity index (χ2v) is 7.72. The zero-order valence-electron chi connectivity index (χ0n) is 16.1. The van der Waals surface area contributed by atoms with Crippen LogP contribution in [-0.4, -0.2) is 52.3 Å². The summed E-state index contributed by atoms with van der Waals surface area (Å²) >= 11 is 0. The Labute approximate surface area is 162 Å². The molecule has 0 radical (unpaired) electrons. The molecule has 4 rings (SSSR count). The monoisotopic (exact) mass is 366 g/mol. The van der Waals surface area contributed by atoms with Crippen molar-refractivity contribution in [2.75, 3.05) is 36.4 Å². The molecule has 6 heteroatoms. The first-order valence-electron chi connectivity index (χ1n) is 10.3. The van der Waals surface area contributed by atoms with Crippen molar-refractivity contribution in [3.63, 3.8) is 0 Å². The van der Waals surface area contributed by atoms with E-state index in [-0.39, 0.29) is 0 Å². The van der Waals surface area contributed by atoms with Gasteiger partial charge in [0.25, 0.3) is 0 Å². The maximum absolute atomic E-state index is 4.75. The van der Waals surface area contributed by atoms with Gasteiger partial charge in [-0.25, -0.2) is 0 Å². The summed E-state index contributed by atoms with van der Waals surface area (Å²) in [4.78, 5) is 9.50. The Balaban J connectivity index is 1.31. The normalized spacial score (nSPS) is 19.6. The Morgan fingerprint density at radius 1 is 0.926 bits per heavy atom. The highest BCUT2D eigenvalue weighted by molar-refractivity contribution is 5.40. The largest absolute Gasteiger partial charge is 0.366 e. The predicted molar refractivity (Wildman–Crippen MR) is 109 cm³/mol. The van der Waals surface area contributed by atoms with Crippen molar-refractivity contribution in [2.45, 2.75) is 51.1 Å². The molecule has 2 aliphatic rings. The maximum atomic E-state index is 4.75. The number of nitrogens with zero attached hydrogens (tertiary/aromatic N) is 5. The molecule has 0 amide bonds. The van der Waals surface area contributed by atoms with E-state index in [1.165, 1.54) is 44.1 Å². The van der Waals surface area contributed by atoms with Crippen LogP contribution in [0.1, 0.15) is 44.1 Å². The van der Waals surface area contributed by atoms with Crippen molar-refractivity contribution in [2.24, 2.45) is 0 Å². The Hall–Kier alpha value is -2.21. The number of hydrogen-bond acceptors (Lipinski definition) is 6. The van der Waals surface area contributed by atoms with E-state index in [1.807, 2.05) is 0 Å². The number of aromatic nitrogens is 3. The first-order chi connectivity index (χ1) is 13.4. The lowest BCUT2D eigenvalue weighted by atomic mass is 10.1. The average molecular weight is 367 g/mol. The van der Waals surface area contributed by atoms with Gasteiger partial charge < -0.3 is 10.2 Å². The molecule has 2 heterocycles. The molecule has 0 spiro atoms. The van der Waals surface area contributed by atoms with Gasteiger partial charge in [-0.3, -0.25) is 4.90 Å². The molecule has 1 saturated heterocycles. The summed E-state index contributed by atoms with van der Waals surface area (Å²) < 4.78 is 0. The van der Waals surface area contributed by atoms with E-state index in [2.05, 4.69) is 55.6 Å². The fourth-order valence-corrected chi connectivity index (χ4v) is 4.08. The molecule has 1 aliphatic carbocycles. The van der Waals surface area contributed by atoms with Crippen LogP contribution < -0.4 is 10.2 Å². The van der Waals surface area contributed by atoms with Gasteiger partial charge in [0.2, 0.25) is 5.95 Å². The lowest BCUT2D eigenvalue weighted by molar-refractivity contribution is 0.248. The third kappa shape index (κ3) is 5.16. The molecule has 1 N–H and O–H groups in total. The van der Waals surface area contributed by atoms with Crippen LogP contribution in [0.4, 0.5) is 11.8 Å². The first kappa shape index (κ1) is 18.2. The lowest BCUT2D eigenvalue weighted by Gasteiger charge is -2.34. The fraction of sp³-hybridized carbons (Fsp3) is 0.571. The fourth-order valence-electron chi connectivity index (χ4n) is 4.08. The molecular weight excluding hydrogens is 336 g/mol. The SMILES string of the molecule is c1ccc(CN2CCN(c3nncc(NC4CCCCCC4)n3)CC2)cc1. The van der Waals surface area contributed by atoms with E-state index >= 15 is 0 Å². The van der Waals surface area contributed by atoms with Gasteiger partial charge in [0.05, 0.1) is 6.20 Å². The summed E-state index contributed by atoms with van der Waals surface area (Å²) in [6.07, 6.45) is 9.57. The summed E-state index contributed by atoms with van der Waals surface area (Å²) in [5, 5.41) is 12.1. The minimum atomic E-state index is 0.528. The van der Waals surface area contributed by atoms with E-state index < -0.39 is 0 Å². The Morgan fingerprint density at radius 2 is 1.67 bits per heavy atom. The summed E-state index contributed by atoms with van der Waals surface area (Å²) in [6, 6.07) is 11.2. The first-order valence-corrected chi connectivity index (χ1v) is 10.3. The molecule has 27 heavy (non-hydrogen) atoms. The van der Waals surface area contributed by atoms with Crippen molar-refractivity contribution in [1.29, 1.82) is 0 Å². The van der Waals surface area contributed by atoms with Gasteiger partial charge >= 0.3 is 0 Å². The molecule has 2 fully saturated rings. The molecule has 0 unspecified atom stereocenters. The third-order valence-electron chi connectivity index (χ3n) is 5.66. The number of benzene rings is 1. The van der Waals surface area contributed by atoms with Crippen LogP contribution in [0.15, 0.2) is 36.5 Å². The van der Waals surface area contributed by atoms with Gasteiger partial charge in [-0.05, 0) is 18.4 Å².